The number of rotatable bonds is 6. The van der Waals surface area contributed by atoms with Gasteiger partial charge in [0.15, 0.2) is 0 Å². The van der Waals surface area contributed by atoms with Gasteiger partial charge in [0.2, 0.25) is 0 Å². The van der Waals surface area contributed by atoms with Gasteiger partial charge in [0.1, 0.15) is 5.60 Å². The predicted molar refractivity (Wildman–Crippen MR) is 116 cm³/mol. The van der Waals surface area contributed by atoms with Crippen LogP contribution in [0.2, 0.25) is 0 Å². The van der Waals surface area contributed by atoms with Crippen molar-refractivity contribution in [2.45, 2.75) is 64.0 Å². The Labute approximate surface area is 178 Å². The zero-order valence-corrected chi connectivity index (χ0v) is 17.8. The number of carboxylic acid groups (broad SMARTS) is 2. The van der Waals surface area contributed by atoms with E-state index in [0.717, 1.165) is 31.4 Å². The van der Waals surface area contributed by atoms with Crippen LogP contribution in [0.1, 0.15) is 57.9 Å². The summed E-state index contributed by atoms with van der Waals surface area (Å²) in [5, 5.41) is 32.0. The molecular formula is C24H33NO5. The third-order valence-corrected chi connectivity index (χ3v) is 5.87. The molecule has 0 radical (unpaired) electrons. The van der Waals surface area contributed by atoms with Crippen molar-refractivity contribution in [3.8, 4) is 0 Å². The van der Waals surface area contributed by atoms with E-state index in [9.17, 15) is 14.7 Å². The highest BCUT2D eigenvalue weighted by Gasteiger charge is 2.38. The lowest BCUT2D eigenvalue weighted by molar-refractivity contribution is -0.145. The van der Waals surface area contributed by atoms with Crippen molar-refractivity contribution in [1.82, 2.24) is 5.32 Å². The van der Waals surface area contributed by atoms with Crippen LogP contribution in [0.15, 0.2) is 54.1 Å². The first-order chi connectivity index (χ1) is 14.2. The Morgan fingerprint density at radius 3 is 2.43 bits per heavy atom. The Bertz CT molecular complexity index is 782. The molecule has 1 aromatic rings. The summed E-state index contributed by atoms with van der Waals surface area (Å²) in [6.07, 6.45) is 9.79. The molecule has 0 saturated carbocycles. The van der Waals surface area contributed by atoms with Crippen LogP contribution >= 0.6 is 0 Å². The number of piperidine rings is 1. The van der Waals surface area contributed by atoms with Gasteiger partial charge in [-0.2, -0.15) is 0 Å². The zero-order valence-electron chi connectivity index (χ0n) is 17.8. The lowest BCUT2D eigenvalue weighted by Gasteiger charge is -2.39. The third kappa shape index (κ3) is 5.80. The maximum absolute atomic E-state index is 11.0. The number of aliphatic carboxylic acids is 2. The molecule has 4 N–H and O–H groups in total. The minimum absolute atomic E-state index is 0.0359. The van der Waals surface area contributed by atoms with Gasteiger partial charge in [-0.05, 0) is 44.7 Å². The van der Waals surface area contributed by atoms with Crippen LogP contribution in [-0.2, 0) is 15.2 Å². The molecule has 0 aromatic heterocycles. The molecule has 3 rings (SSSR count). The molecule has 6 nitrogen and oxygen atoms in total. The monoisotopic (exact) mass is 415 g/mol. The lowest BCUT2D eigenvalue weighted by atomic mass is 9.79. The van der Waals surface area contributed by atoms with Gasteiger partial charge < -0.3 is 20.6 Å². The molecule has 1 aromatic carbocycles. The van der Waals surface area contributed by atoms with E-state index in [1.807, 2.05) is 30.3 Å². The fourth-order valence-electron chi connectivity index (χ4n) is 4.07. The Kier molecular flexibility index (Phi) is 8.38. The van der Waals surface area contributed by atoms with Crippen LogP contribution in [0.4, 0.5) is 0 Å². The van der Waals surface area contributed by atoms with E-state index in [1.54, 1.807) is 0 Å². The van der Waals surface area contributed by atoms with Crippen molar-refractivity contribution in [1.29, 1.82) is 0 Å². The van der Waals surface area contributed by atoms with Crippen molar-refractivity contribution in [3.05, 3.63) is 59.7 Å². The van der Waals surface area contributed by atoms with Crippen molar-refractivity contribution >= 4 is 11.9 Å². The molecule has 3 atom stereocenters. The molecule has 164 valence electrons. The number of hydrogen-bond donors (Lipinski definition) is 4. The highest BCUT2D eigenvalue weighted by Crippen LogP contribution is 2.34. The van der Waals surface area contributed by atoms with E-state index in [-0.39, 0.29) is 18.0 Å². The minimum atomic E-state index is -1.08. The van der Waals surface area contributed by atoms with E-state index < -0.39 is 23.0 Å². The number of allylic oxidation sites excluding steroid dienone is 2. The number of hydrogen-bond acceptors (Lipinski definition) is 4. The van der Waals surface area contributed by atoms with Crippen molar-refractivity contribution in [2.75, 3.05) is 6.54 Å². The van der Waals surface area contributed by atoms with Crippen LogP contribution < -0.4 is 5.32 Å². The molecule has 6 heteroatoms. The first-order valence-electron chi connectivity index (χ1n) is 10.6. The molecule has 2 unspecified atom stereocenters. The summed E-state index contributed by atoms with van der Waals surface area (Å²) in [5.41, 5.74) is -0.590. The highest BCUT2D eigenvalue weighted by atomic mass is 16.4. The standard InChI is InChI=1S/C15H23NO.C9H10O4/c1-2-11-15(17,13-8-4-3-5-9-13)14-10-6-7-12-16-14;1-9(8(12)13)4-2-3-6(5-9)7(10)11/h3-5,8-9,14,16-17H,2,6-7,10-12H2,1H3;2-4H,5H2,1H3,(H,10,11)(H,12,13)/t;9-/m.0/s1. The van der Waals surface area contributed by atoms with Crippen LogP contribution in [0.3, 0.4) is 0 Å². The van der Waals surface area contributed by atoms with E-state index in [4.69, 9.17) is 10.2 Å². The van der Waals surface area contributed by atoms with Gasteiger partial charge in [-0.3, -0.25) is 4.79 Å². The normalized spacial score (nSPS) is 25.3. The van der Waals surface area contributed by atoms with E-state index in [0.29, 0.717) is 0 Å². The van der Waals surface area contributed by atoms with Gasteiger partial charge in [0, 0.05) is 11.6 Å². The Hall–Kier alpha value is -2.44. The first kappa shape index (κ1) is 23.8. The fourth-order valence-corrected chi connectivity index (χ4v) is 4.07. The lowest BCUT2D eigenvalue weighted by Crippen LogP contribution is -2.50. The molecule has 0 bridgehead atoms. The number of carbonyl (C=O) groups is 2. The summed E-state index contributed by atoms with van der Waals surface area (Å²) < 4.78 is 0. The maximum atomic E-state index is 11.0. The van der Waals surface area contributed by atoms with Crippen LogP contribution in [0.25, 0.3) is 0 Å². The van der Waals surface area contributed by atoms with Crippen LogP contribution in [-0.4, -0.2) is 39.8 Å². The van der Waals surface area contributed by atoms with E-state index in [2.05, 4.69) is 12.2 Å². The molecule has 2 aliphatic rings. The summed E-state index contributed by atoms with van der Waals surface area (Å²) in [4.78, 5) is 21.3. The second kappa shape index (κ2) is 10.5. The van der Waals surface area contributed by atoms with Crippen molar-refractivity contribution < 1.29 is 24.9 Å². The topological polar surface area (TPSA) is 107 Å². The smallest absolute Gasteiger partial charge is 0.331 e. The van der Waals surface area contributed by atoms with E-state index >= 15 is 0 Å². The van der Waals surface area contributed by atoms with Gasteiger partial charge in [-0.1, -0.05) is 68.3 Å². The second-order valence-electron chi connectivity index (χ2n) is 8.30. The van der Waals surface area contributed by atoms with Gasteiger partial charge in [-0.25, -0.2) is 4.79 Å². The SMILES string of the molecule is CCCC(O)(c1ccccc1)C1CCCCN1.C[C@]1(C(=O)O)C=CC=C(C(=O)O)C1. The quantitative estimate of drug-likeness (QED) is 0.562. The molecule has 1 aliphatic carbocycles. The molecule has 0 amide bonds. The van der Waals surface area contributed by atoms with Gasteiger partial charge >= 0.3 is 11.9 Å². The molecule has 0 spiro atoms. The van der Waals surface area contributed by atoms with Gasteiger partial charge in [0.05, 0.1) is 5.41 Å². The Morgan fingerprint density at radius 2 is 1.90 bits per heavy atom. The van der Waals surface area contributed by atoms with Crippen molar-refractivity contribution in [2.24, 2.45) is 5.41 Å². The molecule has 1 aliphatic heterocycles. The highest BCUT2D eigenvalue weighted by molar-refractivity contribution is 5.90. The number of carboxylic acids is 2. The van der Waals surface area contributed by atoms with E-state index in [1.165, 1.54) is 38.0 Å². The molecule has 1 heterocycles. The average Bonchev–Trinajstić information content (AvgIpc) is 2.75. The minimum Gasteiger partial charge on any atom is -0.481 e. The second-order valence-corrected chi connectivity index (χ2v) is 8.30. The van der Waals surface area contributed by atoms with Crippen LogP contribution in [0, 0.1) is 5.41 Å². The number of benzene rings is 1. The molecule has 1 fully saturated rings. The zero-order chi connectivity index (χ0) is 22.2. The van der Waals surface area contributed by atoms with Gasteiger partial charge in [0.25, 0.3) is 0 Å². The summed E-state index contributed by atoms with van der Waals surface area (Å²) in [5.74, 6) is -2.06. The predicted octanol–water partition coefficient (Wildman–Crippen LogP) is 3.86. The number of nitrogens with one attached hydrogen (secondary N) is 1. The van der Waals surface area contributed by atoms with Crippen LogP contribution in [0.5, 0.6) is 0 Å². The van der Waals surface area contributed by atoms with Crippen molar-refractivity contribution in [3.63, 3.8) is 0 Å². The largest absolute Gasteiger partial charge is 0.481 e. The Morgan fingerprint density at radius 1 is 1.20 bits per heavy atom. The summed E-state index contributed by atoms with van der Waals surface area (Å²) in [6.45, 7) is 4.67. The first-order valence-corrected chi connectivity index (χ1v) is 10.6. The summed E-state index contributed by atoms with van der Waals surface area (Å²) >= 11 is 0. The Balaban J connectivity index is 0.000000222. The fraction of sp³-hybridized carbons (Fsp3) is 0.500. The molecular weight excluding hydrogens is 382 g/mol. The number of aliphatic hydroxyl groups is 1. The molecule has 30 heavy (non-hydrogen) atoms. The average molecular weight is 416 g/mol. The summed E-state index contributed by atoms with van der Waals surface area (Å²) in [6, 6.07) is 10.3. The third-order valence-electron chi connectivity index (χ3n) is 5.87. The van der Waals surface area contributed by atoms with Gasteiger partial charge in [-0.15, -0.1) is 0 Å². The molecule has 1 saturated heterocycles. The maximum Gasteiger partial charge on any atom is 0.331 e. The summed E-state index contributed by atoms with van der Waals surface area (Å²) in [7, 11) is 0.